The van der Waals surface area contributed by atoms with Gasteiger partial charge in [0.1, 0.15) is 29.2 Å². The van der Waals surface area contributed by atoms with Gasteiger partial charge in [-0.15, -0.1) is 0 Å². The van der Waals surface area contributed by atoms with E-state index in [0.29, 0.717) is 41.5 Å². The minimum atomic E-state index is -0.780. The molecule has 2 aromatic heterocycles. The van der Waals surface area contributed by atoms with Crippen LogP contribution in [-0.4, -0.2) is 76.4 Å². The Hall–Kier alpha value is -4.16. The van der Waals surface area contributed by atoms with Crippen molar-refractivity contribution in [1.29, 1.82) is 0 Å². The minimum Gasteiger partial charge on any atom is -0.463 e. The number of aryl methyl sites for hydroxylation is 1. The van der Waals surface area contributed by atoms with Crippen LogP contribution in [-0.2, 0) is 11.2 Å². The monoisotopic (exact) mass is 646 g/mol. The molecule has 3 saturated heterocycles. The highest BCUT2D eigenvalue weighted by molar-refractivity contribution is 5.99. The standard InChI is InChI=1S/C35H40F2N6O4/c1-34(12-4-15-38-20-34)47-33(45)39-16-3-9-23-26(36)11-10-22-7-2-8-24(27(22)23)29-28(37)30-25(19-40-29)31(44)42-32(41-30)46-21-35-13-5-17-43(35)18-6-14-35/h2,7-8,10-11,19,38H,3-6,9,12-18,20-21H2,1H3,(H,39,45)(H,41,42,44). The number of pyridine rings is 1. The summed E-state index contributed by atoms with van der Waals surface area (Å²) >= 11 is 0. The smallest absolute Gasteiger partial charge is 0.407 e. The van der Waals surface area contributed by atoms with Crippen LogP contribution in [0.1, 0.15) is 57.4 Å². The second-order valence-electron chi connectivity index (χ2n) is 13.3. The number of halogens is 2. The van der Waals surface area contributed by atoms with E-state index in [4.69, 9.17) is 9.47 Å². The Labute approximate surface area is 271 Å². The van der Waals surface area contributed by atoms with Gasteiger partial charge in [0, 0.05) is 24.8 Å². The molecule has 0 radical (unpaired) electrons. The van der Waals surface area contributed by atoms with Gasteiger partial charge in [-0.3, -0.25) is 19.7 Å². The molecule has 12 heteroatoms. The predicted molar refractivity (Wildman–Crippen MR) is 175 cm³/mol. The number of carbonyl (C=O) groups is 1. The molecule has 248 valence electrons. The number of hydrogen-bond donors (Lipinski definition) is 3. The summed E-state index contributed by atoms with van der Waals surface area (Å²) in [5, 5.41) is 7.26. The molecule has 5 heterocycles. The summed E-state index contributed by atoms with van der Waals surface area (Å²) in [4.78, 5) is 39.2. The second kappa shape index (κ2) is 12.8. The first-order valence-corrected chi connectivity index (χ1v) is 16.6. The molecule has 3 aliphatic rings. The second-order valence-corrected chi connectivity index (χ2v) is 13.3. The number of fused-ring (bicyclic) bond motifs is 3. The summed E-state index contributed by atoms with van der Waals surface area (Å²) in [6, 6.07) is 8.29. The molecule has 0 spiro atoms. The first kappa shape index (κ1) is 31.4. The molecule has 1 unspecified atom stereocenters. The number of hydrogen-bond acceptors (Lipinski definition) is 8. The third-order valence-corrected chi connectivity index (χ3v) is 10.1. The van der Waals surface area contributed by atoms with E-state index in [1.807, 2.05) is 13.0 Å². The topological polar surface area (TPSA) is 121 Å². The van der Waals surface area contributed by atoms with E-state index in [1.165, 1.54) is 12.3 Å². The van der Waals surface area contributed by atoms with Gasteiger partial charge in [-0.1, -0.05) is 24.3 Å². The van der Waals surface area contributed by atoms with E-state index in [-0.39, 0.29) is 41.1 Å². The van der Waals surface area contributed by atoms with E-state index < -0.39 is 28.9 Å². The van der Waals surface area contributed by atoms with Crippen LogP contribution in [0.5, 0.6) is 6.01 Å². The van der Waals surface area contributed by atoms with Crippen molar-refractivity contribution in [2.45, 2.75) is 69.4 Å². The Balaban J connectivity index is 1.14. The number of nitrogens with one attached hydrogen (secondary N) is 3. The van der Waals surface area contributed by atoms with Gasteiger partial charge in [-0.05, 0) is 100 Å². The maximum absolute atomic E-state index is 16.3. The van der Waals surface area contributed by atoms with Crippen LogP contribution < -0.4 is 20.9 Å². The van der Waals surface area contributed by atoms with Crippen molar-refractivity contribution in [2.24, 2.45) is 0 Å². The molecule has 3 fully saturated rings. The molecule has 0 aliphatic carbocycles. The number of H-pyrrole nitrogens is 1. The maximum Gasteiger partial charge on any atom is 0.407 e. The normalized spacial score (nSPS) is 20.8. The first-order chi connectivity index (χ1) is 22.8. The van der Waals surface area contributed by atoms with Gasteiger partial charge in [-0.25, -0.2) is 13.6 Å². The molecule has 0 bridgehead atoms. The van der Waals surface area contributed by atoms with Crippen molar-refractivity contribution < 1.29 is 23.0 Å². The minimum absolute atomic E-state index is 0.00240. The van der Waals surface area contributed by atoms with E-state index in [1.54, 1.807) is 18.2 Å². The number of carbonyl (C=O) groups excluding carboxylic acids is 1. The van der Waals surface area contributed by atoms with Gasteiger partial charge in [0.25, 0.3) is 11.6 Å². The van der Waals surface area contributed by atoms with Gasteiger partial charge in [0.05, 0.1) is 10.9 Å². The summed E-state index contributed by atoms with van der Waals surface area (Å²) in [5.74, 6) is -1.22. The lowest BCUT2D eigenvalue weighted by Gasteiger charge is -2.33. The largest absolute Gasteiger partial charge is 0.463 e. The van der Waals surface area contributed by atoms with Crippen molar-refractivity contribution in [2.75, 3.05) is 39.3 Å². The van der Waals surface area contributed by atoms with Crippen LogP contribution in [0.2, 0.25) is 0 Å². The average Bonchev–Trinajstić information content (AvgIpc) is 3.64. The highest BCUT2D eigenvalue weighted by Gasteiger charge is 2.45. The van der Waals surface area contributed by atoms with Crippen molar-refractivity contribution in [3.63, 3.8) is 0 Å². The SMILES string of the molecule is CC1(OC(=O)NCCCc2c(F)ccc3cccc(-c4ncc5c(=O)[nH]c(OCC67CCCN6CCC7)nc5c4F)c23)CCCNC1. The molecule has 1 atom stereocenters. The Bertz CT molecular complexity index is 1860. The lowest BCUT2D eigenvalue weighted by molar-refractivity contribution is 0.00778. The zero-order valence-electron chi connectivity index (χ0n) is 26.6. The highest BCUT2D eigenvalue weighted by Crippen LogP contribution is 2.39. The third-order valence-electron chi connectivity index (χ3n) is 10.1. The summed E-state index contributed by atoms with van der Waals surface area (Å²) in [7, 11) is 0. The van der Waals surface area contributed by atoms with Crippen molar-refractivity contribution >= 4 is 27.8 Å². The number of aromatic amines is 1. The van der Waals surface area contributed by atoms with Crippen molar-refractivity contribution in [3.8, 4) is 17.3 Å². The molecule has 4 aromatic rings. The number of nitrogens with zero attached hydrogens (tertiary/aromatic N) is 3. The zero-order valence-corrected chi connectivity index (χ0v) is 26.6. The lowest BCUT2D eigenvalue weighted by Crippen LogP contribution is -2.48. The Morgan fingerprint density at radius 3 is 2.72 bits per heavy atom. The van der Waals surface area contributed by atoms with Crippen molar-refractivity contribution in [1.82, 2.24) is 30.5 Å². The maximum atomic E-state index is 16.3. The number of rotatable bonds is 9. The average molecular weight is 647 g/mol. The number of alkyl carbamates (subject to hydrolysis) is 1. The van der Waals surface area contributed by atoms with Gasteiger partial charge in [0.2, 0.25) is 0 Å². The molecule has 10 nitrogen and oxygen atoms in total. The van der Waals surface area contributed by atoms with Gasteiger partial charge in [-0.2, -0.15) is 4.98 Å². The number of piperidine rings is 1. The summed E-state index contributed by atoms with van der Waals surface area (Å²) < 4.78 is 43.4. The molecule has 3 aliphatic heterocycles. The molecule has 0 saturated carbocycles. The molecule has 2 aromatic carbocycles. The summed E-state index contributed by atoms with van der Waals surface area (Å²) in [6.07, 6.45) is 7.46. The third kappa shape index (κ3) is 6.16. The Morgan fingerprint density at radius 1 is 1.11 bits per heavy atom. The summed E-state index contributed by atoms with van der Waals surface area (Å²) in [6.45, 7) is 6.12. The number of benzene rings is 2. The molecule has 1 amide bonds. The van der Waals surface area contributed by atoms with E-state index >= 15 is 8.78 Å². The van der Waals surface area contributed by atoms with Crippen LogP contribution in [0.25, 0.3) is 32.9 Å². The van der Waals surface area contributed by atoms with Crippen LogP contribution >= 0.6 is 0 Å². The quantitative estimate of drug-likeness (QED) is 0.212. The fraction of sp³-hybridized carbons (Fsp3) is 0.486. The number of aromatic nitrogens is 3. The molecule has 3 N–H and O–H groups in total. The van der Waals surface area contributed by atoms with E-state index in [9.17, 15) is 9.59 Å². The molecular weight excluding hydrogens is 606 g/mol. The number of ether oxygens (including phenoxy) is 2. The fourth-order valence-electron chi connectivity index (χ4n) is 7.67. The Kier molecular flexibility index (Phi) is 8.56. The number of amides is 1. The van der Waals surface area contributed by atoms with Crippen LogP contribution in [0.4, 0.5) is 13.6 Å². The van der Waals surface area contributed by atoms with Gasteiger partial charge < -0.3 is 20.1 Å². The fourth-order valence-corrected chi connectivity index (χ4v) is 7.67. The van der Waals surface area contributed by atoms with Gasteiger partial charge >= 0.3 is 6.09 Å². The first-order valence-electron chi connectivity index (χ1n) is 16.6. The van der Waals surface area contributed by atoms with Crippen LogP contribution in [0.3, 0.4) is 0 Å². The molecular formula is C35H40F2N6O4. The highest BCUT2D eigenvalue weighted by atomic mass is 19.1. The van der Waals surface area contributed by atoms with Crippen molar-refractivity contribution in [3.05, 3.63) is 64.1 Å². The van der Waals surface area contributed by atoms with Gasteiger partial charge in [0.15, 0.2) is 5.82 Å². The molecule has 7 rings (SSSR count). The Morgan fingerprint density at radius 2 is 1.94 bits per heavy atom. The van der Waals surface area contributed by atoms with E-state index in [0.717, 1.165) is 58.2 Å². The van der Waals surface area contributed by atoms with Crippen LogP contribution in [0, 0.1) is 11.6 Å². The zero-order chi connectivity index (χ0) is 32.6. The summed E-state index contributed by atoms with van der Waals surface area (Å²) in [5.41, 5.74) is -0.586. The van der Waals surface area contributed by atoms with E-state index in [2.05, 4.69) is 30.5 Å². The predicted octanol–water partition coefficient (Wildman–Crippen LogP) is 5.22. The lowest BCUT2D eigenvalue weighted by atomic mass is 9.94. The van der Waals surface area contributed by atoms with Crippen LogP contribution in [0.15, 0.2) is 41.3 Å². The molecule has 47 heavy (non-hydrogen) atoms.